The number of fused-ring (bicyclic) bond motifs is 3. The zero-order valence-electron chi connectivity index (χ0n) is 17.8. The van der Waals surface area contributed by atoms with Crippen LogP contribution in [0.5, 0.6) is 5.75 Å². The lowest BCUT2D eigenvalue weighted by Gasteiger charge is -2.12. The Hall–Kier alpha value is -3.82. The second-order valence-electron chi connectivity index (χ2n) is 7.00. The zero-order valence-corrected chi connectivity index (χ0v) is 17.8. The molecule has 0 saturated carbocycles. The van der Waals surface area contributed by atoms with Crippen molar-refractivity contribution in [1.29, 1.82) is 0 Å². The summed E-state index contributed by atoms with van der Waals surface area (Å²) in [6, 6.07) is 7.53. The van der Waals surface area contributed by atoms with Crippen molar-refractivity contribution in [2.24, 2.45) is 7.05 Å². The fraction of sp³-hybridized carbons (Fsp3) is 0.333. The first-order valence-electron chi connectivity index (χ1n) is 9.96. The maximum Gasteiger partial charge on any atom is 0.333 e. The summed E-state index contributed by atoms with van der Waals surface area (Å²) < 4.78 is 16.3. The number of para-hydroxylation sites is 2. The Labute approximate surface area is 176 Å². The third-order valence-corrected chi connectivity index (χ3v) is 5.02. The van der Waals surface area contributed by atoms with E-state index in [1.807, 2.05) is 42.7 Å². The van der Waals surface area contributed by atoms with Gasteiger partial charge in [0.1, 0.15) is 12.3 Å². The van der Waals surface area contributed by atoms with Gasteiger partial charge in [0.05, 0.1) is 18.9 Å². The lowest BCUT2D eigenvalue weighted by atomic mass is 10.3. The predicted octanol–water partition coefficient (Wildman–Crippen LogP) is 1.41. The summed E-state index contributed by atoms with van der Waals surface area (Å²) in [5.41, 5.74) is 0.786. The van der Waals surface area contributed by atoms with E-state index in [1.165, 1.54) is 11.6 Å². The highest BCUT2D eigenvalue weighted by Gasteiger charge is 2.22. The van der Waals surface area contributed by atoms with Crippen LogP contribution in [-0.2, 0) is 23.1 Å². The largest absolute Gasteiger partial charge is 0.492 e. The maximum atomic E-state index is 13.2. The Kier molecular flexibility index (Phi) is 5.14. The van der Waals surface area contributed by atoms with Crippen LogP contribution in [0.4, 0.5) is 0 Å². The molecule has 0 aliphatic carbocycles. The number of benzene rings is 1. The number of aryl methyl sites for hydroxylation is 2. The number of hydrogen-bond donors (Lipinski definition) is 0. The van der Waals surface area contributed by atoms with Crippen molar-refractivity contribution in [2.45, 2.75) is 27.3 Å². The average Bonchev–Trinajstić information content (AvgIpc) is 3.25. The number of nitrogens with zero attached hydrogens (tertiary/aromatic N) is 5. The van der Waals surface area contributed by atoms with Crippen LogP contribution in [0.2, 0.25) is 0 Å². The molecular weight excluding hydrogens is 402 g/mol. The van der Waals surface area contributed by atoms with Gasteiger partial charge < -0.3 is 9.47 Å². The van der Waals surface area contributed by atoms with Crippen molar-refractivity contribution in [3.63, 3.8) is 0 Å². The van der Waals surface area contributed by atoms with Crippen molar-refractivity contribution in [3.8, 4) is 11.4 Å². The molecule has 0 radical (unpaired) electrons. The van der Waals surface area contributed by atoms with Crippen LogP contribution in [0.3, 0.4) is 0 Å². The number of aromatic nitrogens is 5. The topological polar surface area (TPSA) is 102 Å². The SMILES string of the molecule is CCOC(=O)Cn1c(=O)c2c(nc3n(-c4ccccc4OCC)c(C)cn23)n(C)c1=O. The molecule has 0 bridgehead atoms. The third-order valence-electron chi connectivity index (χ3n) is 5.02. The van der Waals surface area contributed by atoms with E-state index < -0.39 is 23.8 Å². The van der Waals surface area contributed by atoms with Gasteiger partial charge >= 0.3 is 11.7 Å². The first-order chi connectivity index (χ1) is 14.9. The molecule has 0 N–H and O–H groups in total. The van der Waals surface area contributed by atoms with E-state index in [9.17, 15) is 14.4 Å². The Bertz CT molecular complexity index is 1420. The maximum absolute atomic E-state index is 13.2. The van der Waals surface area contributed by atoms with Gasteiger partial charge in [0, 0.05) is 18.9 Å². The molecule has 0 fully saturated rings. The molecule has 4 rings (SSSR count). The van der Waals surface area contributed by atoms with Crippen LogP contribution in [0.25, 0.3) is 22.6 Å². The number of imidazole rings is 2. The molecule has 162 valence electrons. The number of esters is 1. The Balaban J connectivity index is 2.02. The summed E-state index contributed by atoms with van der Waals surface area (Å²) in [5.74, 6) is 0.480. The molecular formula is C21H23N5O5. The Morgan fingerprint density at radius 2 is 1.87 bits per heavy atom. The molecule has 0 amide bonds. The summed E-state index contributed by atoms with van der Waals surface area (Å²) in [6.45, 7) is 5.65. The summed E-state index contributed by atoms with van der Waals surface area (Å²) in [5, 5.41) is 0. The highest BCUT2D eigenvalue weighted by Crippen LogP contribution is 2.27. The van der Waals surface area contributed by atoms with E-state index in [2.05, 4.69) is 4.98 Å². The van der Waals surface area contributed by atoms with Gasteiger partial charge in [-0.15, -0.1) is 0 Å². The summed E-state index contributed by atoms with van der Waals surface area (Å²) in [4.78, 5) is 42.5. The van der Waals surface area contributed by atoms with Gasteiger partial charge in [-0.3, -0.25) is 23.1 Å². The van der Waals surface area contributed by atoms with Crippen LogP contribution < -0.4 is 16.0 Å². The van der Waals surface area contributed by atoms with Gasteiger partial charge in [-0.05, 0) is 32.9 Å². The average molecular weight is 425 g/mol. The molecule has 3 heterocycles. The van der Waals surface area contributed by atoms with Gasteiger partial charge in [0.25, 0.3) is 5.56 Å². The standard InChI is InChI=1S/C21H23N5O5/c1-5-30-15-10-8-7-9-14(15)26-13(3)11-24-17-18(22-20(24)26)23(4)21(29)25(19(17)28)12-16(27)31-6-2/h7-11H,5-6,12H2,1-4H3. The number of hydrogen-bond acceptors (Lipinski definition) is 6. The highest BCUT2D eigenvalue weighted by atomic mass is 16.5. The zero-order chi connectivity index (χ0) is 22.3. The molecule has 0 aliphatic heterocycles. The first kappa shape index (κ1) is 20.5. The van der Waals surface area contributed by atoms with Gasteiger partial charge in [-0.1, -0.05) is 12.1 Å². The van der Waals surface area contributed by atoms with E-state index in [4.69, 9.17) is 9.47 Å². The Morgan fingerprint density at radius 3 is 2.58 bits per heavy atom. The third kappa shape index (κ3) is 3.20. The van der Waals surface area contributed by atoms with Crippen molar-refractivity contribution in [1.82, 2.24) is 23.1 Å². The quantitative estimate of drug-likeness (QED) is 0.433. The van der Waals surface area contributed by atoms with Crippen molar-refractivity contribution >= 4 is 22.9 Å². The minimum atomic E-state index is -0.652. The lowest BCUT2D eigenvalue weighted by Crippen LogP contribution is -2.41. The van der Waals surface area contributed by atoms with Crippen molar-refractivity contribution in [3.05, 3.63) is 57.0 Å². The molecule has 3 aromatic heterocycles. The molecule has 10 heteroatoms. The first-order valence-corrected chi connectivity index (χ1v) is 9.96. The van der Waals surface area contributed by atoms with E-state index in [0.717, 1.165) is 15.9 Å². The lowest BCUT2D eigenvalue weighted by molar-refractivity contribution is -0.143. The monoisotopic (exact) mass is 425 g/mol. The fourth-order valence-electron chi connectivity index (χ4n) is 3.70. The second-order valence-corrected chi connectivity index (χ2v) is 7.00. The van der Waals surface area contributed by atoms with Gasteiger partial charge in [-0.25, -0.2) is 9.36 Å². The number of rotatable bonds is 6. The van der Waals surface area contributed by atoms with Gasteiger partial charge in [0.2, 0.25) is 5.78 Å². The van der Waals surface area contributed by atoms with Gasteiger partial charge in [-0.2, -0.15) is 4.98 Å². The predicted molar refractivity (Wildman–Crippen MR) is 114 cm³/mol. The minimum Gasteiger partial charge on any atom is -0.492 e. The van der Waals surface area contributed by atoms with E-state index in [1.54, 1.807) is 17.5 Å². The van der Waals surface area contributed by atoms with Crippen LogP contribution >= 0.6 is 0 Å². The fourth-order valence-corrected chi connectivity index (χ4v) is 3.70. The van der Waals surface area contributed by atoms with Crippen LogP contribution in [0.15, 0.2) is 40.1 Å². The summed E-state index contributed by atoms with van der Waals surface area (Å²) >= 11 is 0. The normalized spacial score (nSPS) is 11.4. The van der Waals surface area contributed by atoms with Crippen molar-refractivity contribution < 1.29 is 14.3 Å². The minimum absolute atomic E-state index is 0.161. The van der Waals surface area contributed by atoms with E-state index in [0.29, 0.717) is 18.1 Å². The molecule has 31 heavy (non-hydrogen) atoms. The summed E-state index contributed by atoms with van der Waals surface area (Å²) in [6.07, 6.45) is 1.77. The molecule has 1 aromatic carbocycles. The van der Waals surface area contributed by atoms with E-state index in [-0.39, 0.29) is 17.8 Å². The van der Waals surface area contributed by atoms with Crippen LogP contribution in [-0.4, -0.2) is 42.3 Å². The summed E-state index contributed by atoms with van der Waals surface area (Å²) in [7, 11) is 1.52. The smallest absolute Gasteiger partial charge is 0.333 e. The van der Waals surface area contributed by atoms with E-state index >= 15 is 0 Å². The van der Waals surface area contributed by atoms with Crippen LogP contribution in [0.1, 0.15) is 19.5 Å². The molecule has 0 atom stereocenters. The molecule has 0 spiro atoms. The Morgan fingerprint density at radius 1 is 1.13 bits per heavy atom. The number of carbonyl (C=O) groups excluding carboxylic acids is 1. The highest BCUT2D eigenvalue weighted by molar-refractivity contribution is 5.77. The van der Waals surface area contributed by atoms with Gasteiger partial charge in [0.15, 0.2) is 11.2 Å². The molecule has 4 aromatic rings. The number of carbonyl (C=O) groups is 1. The number of ether oxygens (including phenoxy) is 2. The van der Waals surface area contributed by atoms with Crippen molar-refractivity contribution in [2.75, 3.05) is 13.2 Å². The van der Waals surface area contributed by atoms with Crippen LogP contribution in [0, 0.1) is 6.92 Å². The molecule has 10 nitrogen and oxygen atoms in total. The molecule has 0 saturated heterocycles. The second kappa shape index (κ2) is 7.78. The molecule has 0 aliphatic rings. The molecule has 0 unspecified atom stereocenters.